The molecule has 2 aromatic rings. The summed E-state index contributed by atoms with van der Waals surface area (Å²) in [5.74, 6) is 1.04. The van der Waals surface area contributed by atoms with Crippen molar-refractivity contribution in [2.45, 2.75) is 11.8 Å². The van der Waals surface area contributed by atoms with Gasteiger partial charge in [-0.05, 0) is 53.8 Å². The molecule has 1 aromatic carbocycles. The summed E-state index contributed by atoms with van der Waals surface area (Å²) in [6, 6.07) is 11.0. The molecule has 3 heterocycles. The van der Waals surface area contributed by atoms with Gasteiger partial charge in [-0.2, -0.15) is 0 Å². The number of aryl methyl sites for hydroxylation is 1. The number of aromatic nitrogens is 1. The average Bonchev–Trinajstić information content (AvgIpc) is 2.71. The molecule has 138 valence electrons. The van der Waals surface area contributed by atoms with E-state index in [0.29, 0.717) is 0 Å². The number of nitrogens with zero attached hydrogens (tertiary/aromatic N) is 3. The van der Waals surface area contributed by atoms with E-state index >= 15 is 0 Å². The van der Waals surface area contributed by atoms with E-state index in [2.05, 4.69) is 51.4 Å². The molecule has 2 saturated heterocycles. The molecule has 0 bridgehead atoms. The van der Waals surface area contributed by atoms with Gasteiger partial charge in [-0.15, -0.1) is 0 Å². The number of anilines is 1. The zero-order chi connectivity index (χ0) is 17.8. The summed E-state index contributed by atoms with van der Waals surface area (Å²) >= 11 is 1.84. The van der Waals surface area contributed by atoms with Gasteiger partial charge in [0.05, 0.1) is 26.4 Å². The van der Waals surface area contributed by atoms with Crippen LogP contribution in [0.25, 0.3) is 11.1 Å². The van der Waals surface area contributed by atoms with Gasteiger partial charge in [0.2, 0.25) is 0 Å². The second-order valence-corrected chi connectivity index (χ2v) is 7.75. The molecule has 0 unspecified atom stereocenters. The maximum atomic E-state index is 5.46. The number of ether oxygens (including phenoxy) is 2. The summed E-state index contributed by atoms with van der Waals surface area (Å²) in [6.45, 7) is 9.13. The van der Waals surface area contributed by atoms with Gasteiger partial charge in [-0.1, -0.05) is 12.1 Å². The van der Waals surface area contributed by atoms with Gasteiger partial charge in [0.1, 0.15) is 5.82 Å². The minimum absolute atomic E-state index is 0.775. The average molecular weight is 372 g/mol. The molecule has 0 N–H and O–H groups in total. The molecular weight excluding hydrogens is 346 g/mol. The predicted molar refractivity (Wildman–Crippen MR) is 106 cm³/mol. The van der Waals surface area contributed by atoms with Crippen LogP contribution in [0.1, 0.15) is 5.56 Å². The summed E-state index contributed by atoms with van der Waals surface area (Å²) in [7, 11) is 0. The molecule has 0 aliphatic carbocycles. The lowest BCUT2D eigenvalue weighted by molar-refractivity contribution is 0.0773. The third-order valence-electron chi connectivity index (χ3n) is 4.80. The van der Waals surface area contributed by atoms with Crippen LogP contribution in [0.15, 0.2) is 41.4 Å². The topological polar surface area (TPSA) is 37.8 Å². The molecule has 26 heavy (non-hydrogen) atoms. The zero-order valence-electron chi connectivity index (χ0n) is 15.2. The first kappa shape index (κ1) is 17.8. The Morgan fingerprint density at radius 2 is 1.58 bits per heavy atom. The van der Waals surface area contributed by atoms with E-state index < -0.39 is 0 Å². The largest absolute Gasteiger partial charge is 0.379 e. The molecule has 0 saturated carbocycles. The van der Waals surface area contributed by atoms with Gasteiger partial charge >= 0.3 is 0 Å². The van der Waals surface area contributed by atoms with Crippen molar-refractivity contribution in [1.29, 1.82) is 0 Å². The molecule has 0 radical (unpaired) electrons. The fraction of sp³-hybridized carbons (Fsp3) is 0.450. The summed E-state index contributed by atoms with van der Waals surface area (Å²) in [4.78, 5) is 8.18. The Kier molecular flexibility index (Phi) is 5.75. The van der Waals surface area contributed by atoms with Crippen molar-refractivity contribution < 1.29 is 9.47 Å². The van der Waals surface area contributed by atoms with Crippen molar-refractivity contribution in [3.63, 3.8) is 0 Å². The standard InChI is InChI=1S/C20H25N3O2S/c1-16-2-3-17(14-19(16)26-23-8-12-25-13-9-23)18-4-5-21-20(15-18)22-6-10-24-11-7-22/h2-5,14-15H,6-13H2,1H3. The molecule has 4 rings (SSSR count). The van der Waals surface area contributed by atoms with Crippen LogP contribution in [0, 0.1) is 6.92 Å². The molecule has 6 heteroatoms. The number of morpholine rings is 2. The van der Waals surface area contributed by atoms with E-state index in [-0.39, 0.29) is 0 Å². The van der Waals surface area contributed by atoms with Crippen molar-refractivity contribution in [2.75, 3.05) is 57.5 Å². The minimum atomic E-state index is 0.775. The van der Waals surface area contributed by atoms with Crippen LogP contribution >= 0.6 is 11.9 Å². The van der Waals surface area contributed by atoms with Crippen molar-refractivity contribution in [3.8, 4) is 11.1 Å². The zero-order valence-corrected chi connectivity index (χ0v) is 16.0. The van der Waals surface area contributed by atoms with Crippen molar-refractivity contribution in [2.24, 2.45) is 0 Å². The Morgan fingerprint density at radius 3 is 2.35 bits per heavy atom. The van der Waals surface area contributed by atoms with E-state index in [0.717, 1.165) is 58.4 Å². The van der Waals surface area contributed by atoms with Crippen LogP contribution in [-0.2, 0) is 9.47 Å². The molecule has 2 aliphatic heterocycles. The highest BCUT2D eigenvalue weighted by Crippen LogP contribution is 2.32. The van der Waals surface area contributed by atoms with Crippen molar-refractivity contribution in [3.05, 3.63) is 42.1 Å². The molecule has 1 aromatic heterocycles. The van der Waals surface area contributed by atoms with Crippen LogP contribution < -0.4 is 4.90 Å². The van der Waals surface area contributed by atoms with Gasteiger partial charge in [0, 0.05) is 37.3 Å². The summed E-state index contributed by atoms with van der Waals surface area (Å²) < 4.78 is 13.3. The fourth-order valence-electron chi connectivity index (χ4n) is 3.22. The maximum Gasteiger partial charge on any atom is 0.129 e. The molecule has 2 aliphatic rings. The monoisotopic (exact) mass is 371 g/mol. The minimum Gasteiger partial charge on any atom is -0.379 e. The van der Waals surface area contributed by atoms with Gasteiger partial charge in [-0.3, -0.25) is 0 Å². The predicted octanol–water partition coefficient (Wildman–Crippen LogP) is 3.23. The Morgan fingerprint density at radius 1 is 0.885 bits per heavy atom. The highest BCUT2D eigenvalue weighted by Gasteiger charge is 2.15. The SMILES string of the molecule is Cc1ccc(-c2ccnc(N3CCOCC3)c2)cc1SN1CCOCC1. The highest BCUT2D eigenvalue weighted by atomic mass is 32.2. The summed E-state index contributed by atoms with van der Waals surface area (Å²) in [5.41, 5.74) is 3.77. The number of pyridine rings is 1. The Bertz CT molecular complexity index is 744. The molecule has 0 atom stereocenters. The normalized spacial score (nSPS) is 18.9. The van der Waals surface area contributed by atoms with Gasteiger partial charge in [-0.25, -0.2) is 9.29 Å². The lowest BCUT2D eigenvalue weighted by Crippen LogP contribution is -2.36. The van der Waals surface area contributed by atoms with Crippen LogP contribution in [-0.4, -0.2) is 61.9 Å². The van der Waals surface area contributed by atoms with E-state index in [9.17, 15) is 0 Å². The number of rotatable bonds is 4. The maximum absolute atomic E-state index is 5.46. The Hall–Kier alpha value is -1.60. The van der Waals surface area contributed by atoms with E-state index in [4.69, 9.17) is 9.47 Å². The van der Waals surface area contributed by atoms with E-state index in [1.165, 1.54) is 21.6 Å². The summed E-state index contributed by atoms with van der Waals surface area (Å²) in [6.07, 6.45) is 1.91. The Balaban J connectivity index is 1.56. The molecule has 0 spiro atoms. The number of hydrogen-bond donors (Lipinski definition) is 0. The number of benzene rings is 1. The third kappa shape index (κ3) is 4.20. The van der Waals surface area contributed by atoms with Gasteiger partial charge < -0.3 is 14.4 Å². The second kappa shape index (κ2) is 8.39. The molecular formula is C20H25N3O2S. The molecule has 0 amide bonds. The first-order valence-corrected chi connectivity index (χ1v) is 9.97. The lowest BCUT2D eigenvalue weighted by Gasteiger charge is -2.28. The smallest absolute Gasteiger partial charge is 0.129 e. The van der Waals surface area contributed by atoms with Crippen LogP contribution in [0.3, 0.4) is 0 Å². The van der Waals surface area contributed by atoms with Crippen molar-refractivity contribution in [1.82, 2.24) is 9.29 Å². The third-order valence-corrected chi connectivity index (χ3v) is 6.06. The van der Waals surface area contributed by atoms with Crippen molar-refractivity contribution >= 4 is 17.8 Å². The fourth-order valence-corrected chi connectivity index (χ4v) is 4.22. The quantitative estimate of drug-likeness (QED) is 0.768. The first-order chi connectivity index (χ1) is 12.8. The van der Waals surface area contributed by atoms with E-state index in [1.807, 2.05) is 18.1 Å². The van der Waals surface area contributed by atoms with Crippen LogP contribution in [0.4, 0.5) is 5.82 Å². The number of hydrogen-bond acceptors (Lipinski definition) is 6. The van der Waals surface area contributed by atoms with Gasteiger partial charge in [0.25, 0.3) is 0 Å². The van der Waals surface area contributed by atoms with Crippen LogP contribution in [0.5, 0.6) is 0 Å². The first-order valence-electron chi connectivity index (χ1n) is 9.20. The van der Waals surface area contributed by atoms with E-state index in [1.54, 1.807) is 0 Å². The highest BCUT2D eigenvalue weighted by molar-refractivity contribution is 7.97. The lowest BCUT2D eigenvalue weighted by atomic mass is 10.1. The Labute approximate surface area is 159 Å². The second-order valence-electron chi connectivity index (χ2n) is 6.62. The molecule has 5 nitrogen and oxygen atoms in total. The van der Waals surface area contributed by atoms with Gasteiger partial charge in [0.15, 0.2) is 0 Å². The summed E-state index contributed by atoms with van der Waals surface area (Å²) in [5, 5.41) is 0. The van der Waals surface area contributed by atoms with Crippen LogP contribution in [0.2, 0.25) is 0 Å². The molecule has 2 fully saturated rings.